The van der Waals surface area contributed by atoms with Crippen LogP contribution in [0.25, 0.3) is 0 Å². The first-order valence-corrected chi connectivity index (χ1v) is 7.93. The normalized spacial score (nSPS) is 13.7. The molecule has 1 amide bonds. The number of rotatable bonds is 6. The predicted molar refractivity (Wildman–Crippen MR) is 88.9 cm³/mol. The van der Waals surface area contributed by atoms with E-state index >= 15 is 0 Å². The van der Waals surface area contributed by atoms with Crippen molar-refractivity contribution in [3.05, 3.63) is 57.9 Å². The van der Waals surface area contributed by atoms with Gasteiger partial charge in [0.05, 0.1) is 11.0 Å². The Balaban J connectivity index is 1.61. The Morgan fingerprint density at radius 3 is 2.72 bits per heavy atom. The van der Waals surface area contributed by atoms with Crippen LogP contribution in [0.3, 0.4) is 0 Å². The fourth-order valence-electron chi connectivity index (χ4n) is 2.69. The smallest absolute Gasteiger partial charge is 0.273 e. The van der Waals surface area contributed by atoms with Gasteiger partial charge in [-0.3, -0.25) is 19.7 Å². The number of nitro benzene ring substituents is 1. The van der Waals surface area contributed by atoms with Crippen molar-refractivity contribution in [3.8, 4) is 5.75 Å². The highest BCUT2D eigenvalue weighted by Crippen LogP contribution is 2.19. The van der Waals surface area contributed by atoms with E-state index in [4.69, 9.17) is 4.74 Å². The van der Waals surface area contributed by atoms with Crippen molar-refractivity contribution in [3.63, 3.8) is 0 Å². The maximum Gasteiger partial charge on any atom is 0.273 e. The minimum atomic E-state index is -0.531. The number of hydrogen-bond donors (Lipinski definition) is 1. The molecule has 1 aromatic carbocycles. The third kappa shape index (κ3) is 3.85. The molecule has 1 saturated heterocycles. The molecule has 0 spiro atoms. The van der Waals surface area contributed by atoms with Crippen LogP contribution in [0, 0.1) is 10.1 Å². The van der Waals surface area contributed by atoms with Crippen LogP contribution in [-0.2, 0) is 0 Å². The zero-order valence-corrected chi connectivity index (χ0v) is 13.4. The first kappa shape index (κ1) is 16.7. The molecule has 1 fully saturated rings. The van der Waals surface area contributed by atoms with E-state index < -0.39 is 4.92 Å². The zero-order valence-electron chi connectivity index (χ0n) is 13.4. The fraction of sp³-hybridized carbons (Fsp3) is 0.294. The summed E-state index contributed by atoms with van der Waals surface area (Å²) in [6, 6.07) is 7.14. The van der Waals surface area contributed by atoms with Crippen molar-refractivity contribution in [1.29, 1.82) is 0 Å². The number of carbonyl (C=O) groups excluding carboxylic acids is 2. The molecule has 25 heavy (non-hydrogen) atoms. The van der Waals surface area contributed by atoms with Crippen molar-refractivity contribution in [2.24, 2.45) is 0 Å². The highest BCUT2D eigenvalue weighted by Gasteiger charge is 2.21. The molecule has 1 aliphatic rings. The van der Waals surface area contributed by atoms with E-state index in [-0.39, 0.29) is 29.7 Å². The Morgan fingerprint density at radius 1 is 1.24 bits per heavy atom. The second kappa shape index (κ2) is 7.16. The van der Waals surface area contributed by atoms with Crippen LogP contribution in [0.1, 0.15) is 33.7 Å². The van der Waals surface area contributed by atoms with Gasteiger partial charge in [-0.05, 0) is 25.0 Å². The summed E-state index contributed by atoms with van der Waals surface area (Å²) < 4.78 is 5.32. The summed E-state index contributed by atoms with van der Waals surface area (Å²) in [5.41, 5.74) is 0.610. The molecule has 1 aromatic heterocycles. The van der Waals surface area contributed by atoms with Gasteiger partial charge in [-0.1, -0.05) is 6.07 Å². The first-order chi connectivity index (χ1) is 12.0. The molecule has 0 aliphatic carbocycles. The lowest BCUT2D eigenvalue weighted by Gasteiger charge is -2.13. The number of amides is 1. The number of nitrogens with one attached hydrogen (secondary N) is 1. The Bertz CT molecular complexity index is 808. The van der Waals surface area contributed by atoms with E-state index in [1.165, 1.54) is 30.5 Å². The topological polar surface area (TPSA) is 106 Å². The van der Waals surface area contributed by atoms with Gasteiger partial charge in [0.25, 0.3) is 11.6 Å². The third-order valence-electron chi connectivity index (χ3n) is 4.03. The third-order valence-corrected chi connectivity index (χ3v) is 4.03. The minimum absolute atomic E-state index is 0.106. The van der Waals surface area contributed by atoms with Gasteiger partial charge in [0, 0.05) is 30.9 Å². The number of ketones is 1. The average Bonchev–Trinajstić information content (AvgIpc) is 3.31. The number of ether oxygens (including phenoxy) is 1. The lowest BCUT2D eigenvalue weighted by molar-refractivity contribution is -0.384. The number of nitrogens with zero attached hydrogens (tertiary/aromatic N) is 2. The van der Waals surface area contributed by atoms with E-state index in [2.05, 4.69) is 4.98 Å². The second-order valence-electron chi connectivity index (χ2n) is 5.77. The number of aromatic nitrogens is 1. The standard InChI is InChI=1S/C17H17N3O5/c21-16(11-25-14-5-3-4-13(9-14)20(23)24)12-8-15(18-10-12)17(22)19-6-1-2-7-19/h3-5,8-10,18H,1-2,6-7,11H2. The fourth-order valence-corrected chi connectivity index (χ4v) is 2.69. The van der Waals surface area contributed by atoms with Gasteiger partial charge in [-0.15, -0.1) is 0 Å². The molecule has 1 N–H and O–H groups in total. The van der Waals surface area contributed by atoms with Crippen LogP contribution >= 0.6 is 0 Å². The number of non-ortho nitro benzene ring substituents is 1. The number of benzene rings is 1. The Morgan fingerprint density at radius 2 is 2.00 bits per heavy atom. The summed E-state index contributed by atoms with van der Waals surface area (Å²) in [4.78, 5) is 39.2. The molecule has 8 nitrogen and oxygen atoms in total. The molecule has 0 atom stereocenters. The minimum Gasteiger partial charge on any atom is -0.485 e. The van der Waals surface area contributed by atoms with Gasteiger partial charge in [0.2, 0.25) is 5.78 Å². The van der Waals surface area contributed by atoms with Gasteiger partial charge < -0.3 is 14.6 Å². The molecule has 0 saturated carbocycles. The summed E-state index contributed by atoms with van der Waals surface area (Å²) in [7, 11) is 0. The summed E-state index contributed by atoms with van der Waals surface area (Å²) in [5, 5.41) is 10.7. The van der Waals surface area contributed by atoms with Crippen LogP contribution in [0.2, 0.25) is 0 Å². The highest BCUT2D eigenvalue weighted by atomic mass is 16.6. The molecule has 8 heteroatoms. The van der Waals surface area contributed by atoms with Crippen LogP contribution in [0.5, 0.6) is 5.75 Å². The molecule has 2 heterocycles. The van der Waals surface area contributed by atoms with Crippen LogP contribution in [0.15, 0.2) is 36.5 Å². The monoisotopic (exact) mass is 343 g/mol. The van der Waals surface area contributed by atoms with E-state index in [9.17, 15) is 19.7 Å². The van der Waals surface area contributed by atoms with Crippen LogP contribution in [0.4, 0.5) is 5.69 Å². The predicted octanol–water partition coefficient (Wildman–Crippen LogP) is 2.42. The second-order valence-corrected chi connectivity index (χ2v) is 5.77. The maximum absolute atomic E-state index is 12.3. The van der Waals surface area contributed by atoms with Crippen molar-refractivity contribution < 1.29 is 19.2 Å². The SMILES string of the molecule is O=C(COc1cccc([N+](=O)[O-])c1)c1c[nH]c(C(=O)N2CCCC2)c1. The van der Waals surface area contributed by atoms with E-state index in [0.29, 0.717) is 11.3 Å². The van der Waals surface area contributed by atoms with Gasteiger partial charge in [-0.25, -0.2) is 0 Å². The number of likely N-dealkylation sites (tertiary alicyclic amines) is 1. The molecular weight excluding hydrogens is 326 g/mol. The lowest BCUT2D eigenvalue weighted by Crippen LogP contribution is -2.27. The lowest BCUT2D eigenvalue weighted by atomic mass is 10.2. The Labute approximate surface area is 143 Å². The van der Waals surface area contributed by atoms with E-state index in [1.807, 2.05) is 0 Å². The largest absolute Gasteiger partial charge is 0.485 e. The Kier molecular flexibility index (Phi) is 4.78. The number of Topliss-reactive ketones (excluding diaryl/α,β-unsaturated/α-hetero) is 1. The van der Waals surface area contributed by atoms with Crippen molar-refractivity contribution in [2.75, 3.05) is 19.7 Å². The van der Waals surface area contributed by atoms with Gasteiger partial charge in [-0.2, -0.15) is 0 Å². The van der Waals surface area contributed by atoms with Crippen molar-refractivity contribution in [2.45, 2.75) is 12.8 Å². The molecule has 0 bridgehead atoms. The summed E-state index contributed by atoms with van der Waals surface area (Å²) in [6.45, 7) is 1.20. The number of hydrogen-bond acceptors (Lipinski definition) is 5. The molecule has 130 valence electrons. The Hall–Kier alpha value is -3.16. The van der Waals surface area contributed by atoms with Crippen LogP contribution < -0.4 is 4.74 Å². The van der Waals surface area contributed by atoms with E-state index in [1.54, 1.807) is 11.0 Å². The average molecular weight is 343 g/mol. The molecule has 0 radical (unpaired) electrons. The molecule has 0 unspecified atom stereocenters. The summed E-state index contributed by atoms with van der Waals surface area (Å²) >= 11 is 0. The molecule has 2 aromatic rings. The number of carbonyl (C=O) groups is 2. The van der Waals surface area contributed by atoms with Crippen molar-refractivity contribution >= 4 is 17.4 Å². The number of aromatic amines is 1. The zero-order chi connectivity index (χ0) is 17.8. The maximum atomic E-state index is 12.3. The highest BCUT2D eigenvalue weighted by molar-refractivity contribution is 6.01. The summed E-state index contributed by atoms with van der Waals surface area (Å²) in [6.07, 6.45) is 3.47. The van der Waals surface area contributed by atoms with Crippen molar-refractivity contribution in [1.82, 2.24) is 9.88 Å². The molecule has 1 aliphatic heterocycles. The van der Waals surface area contributed by atoms with Gasteiger partial charge >= 0.3 is 0 Å². The molecular formula is C17H17N3O5. The molecule has 3 rings (SSSR count). The number of H-pyrrole nitrogens is 1. The first-order valence-electron chi connectivity index (χ1n) is 7.93. The van der Waals surface area contributed by atoms with E-state index in [0.717, 1.165) is 25.9 Å². The van der Waals surface area contributed by atoms with Gasteiger partial charge in [0.1, 0.15) is 11.4 Å². The number of nitro groups is 1. The van der Waals surface area contributed by atoms with Gasteiger partial charge in [0.15, 0.2) is 6.61 Å². The van der Waals surface area contributed by atoms with Crippen LogP contribution in [-0.4, -0.2) is 46.2 Å². The quantitative estimate of drug-likeness (QED) is 0.492. The summed E-state index contributed by atoms with van der Waals surface area (Å²) in [5.74, 6) is -0.189.